The van der Waals surface area contributed by atoms with E-state index in [4.69, 9.17) is 4.74 Å². The van der Waals surface area contributed by atoms with Crippen LogP contribution in [0.5, 0.6) is 0 Å². The lowest BCUT2D eigenvalue weighted by molar-refractivity contribution is 0.0635. The molecule has 32 heavy (non-hydrogen) atoms. The van der Waals surface area contributed by atoms with E-state index in [2.05, 4.69) is 15.6 Å². The smallest absolute Gasteiger partial charge is 0.412 e. The fourth-order valence-electron chi connectivity index (χ4n) is 3.02. The molecule has 1 heterocycles. The highest BCUT2D eigenvalue weighted by Gasteiger charge is 2.19. The van der Waals surface area contributed by atoms with Gasteiger partial charge in [-0.3, -0.25) is 19.5 Å². The van der Waals surface area contributed by atoms with E-state index in [-0.39, 0.29) is 34.4 Å². The maximum atomic E-state index is 13.8. The molecule has 0 spiro atoms. The first kappa shape index (κ1) is 22.7. The molecule has 2 aromatic carbocycles. The van der Waals surface area contributed by atoms with Crippen molar-refractivity contribution < 1.29 is 18.7 Å². The van der Waals surface area contributed by atoms with E-state index in [1.807, 2.05) is 0 Å². The van der Waals surface area contributed by atoms with Gasteiger partial charge in [-0.15, -0.1) is 0 Å². The summed E-state index contributed by atoms with van der Waals surface area (Å²) in [6.45, 7) is 6.96. The van der Waals surface area contributed by atoms with Crippen molar-refractivity contribution in [2.45, 2.75) is 39.8 Å². The van der Waals surface area contributed by atoms with Crippen molar-refractivity contribution in [3.63, 3.8) is 0 Å². The molecule has 0 aliphatic carbocycles. The minimum Gasteiger partial charge on any atom is -0.444 e. The summed E-state index contributed by atoms with van der Waals surface area (Å²) in [6.07, 6.45) is -0.768. The quantitative estimate of drug-likeness (QED) is 0.571. The maximum absolute atomic E-state index is 13.8. The number of carbonyl (C=O) groups excluding carboxylic acids is 2. The van der Waals surface area contributed by atoms with Crippen LogP contribution in [-0.4, -0.2) is 27.2 Å². The van der Waals surface area contributed by atoms with Crippen molar-refractivity contribution in [3.8, 4) is 0 Å². The number of nitrogens with zero attached hydrogens (tertiary/aromatic N) is 1. The number of anilines is 2. The fourth-order valence-corrected chi connectivity index (χ4v) is 3.02. The van der Waals surface area contributed by atoms with Crippen molar-refractivity contribution in [3.05, 3.63) is 68.6 Å². The molecular weight excluding hydrogens is 419 g/mol. The molecule has 9 nitrogen and oxygen atoms in total. The molecule has 0 saturated heterocycles. The van der Waals surface area contributed by atoms with E-state index in [0.29, 0.717) is 0 Å². The maximum Gasteiger partial charge on any atom is 0.412 e. The predicted octanol–water partition coefficient (Wildman–Crippen LogP) is 3.45. The van der Waals surface area contributed by atoms with Gasteiger partial charge < -0.3 is 15.0 Å². The number of hydrogen-bond donors (Lipinski definition) is 3. The third-order valence-electron chi connectivity index (χ3n) is 4.43. The van der Waals surface area contributed by atoms with Crippen molar-refractivity contribution in [2.75, 3.05) is 10.6 Å². The number of amides is 2. The zero-order valence-electron chi connectivity index (χ0n) is 18.0. The van der Waals surface area contributed by atoms with Gasteiger partial charge in [0.15, 0.2) is 0 Å². The third-order valence-corrected chi connectivity index (χ3v) is 4.43. The van der Waals surface area contributed by atoms with E-state index < -0.39 is 34.7 Å². The number of halogens is 1. The van der Waals surface area contributed by atoms with Crippen molar-refractivity contribution in [2.24, 2.45) is 0 Å². The number of rotatable bonds is 4. The van der Waals surface area contributed by atoms with Gasteiger partial charge in [0.1, 0.15) is 11.4 Å². The summed E-state index contributed by atoms with van der Waals surface area (Å²) in [5, 5.41) is 5.25. The monoisotopic (exact) mass is 442 g/mol. The van der Waals surface area contributed by atoms with E-state index in [9.17, 15) is 23.6 Å². The van der Waals surface area contributed by atoms with Crippen LogP contribution in [0.25, 0.3) is 10.9 Å². The molecule has 0 unspecified atom stereocenters. The second-order valence-electron chi connectivity index (χ2n) is 8.01. The number of ether oxygens (including phenoxy) is 1. The SMILES string of the molecule is CCn1c(=O)[nH]c2cc(C(=O)Nc3cc(F)ccc3NC(=O)OC(C)(C)C)ccc2c1=O. The Morgan fingerprint density at radius 3 is 2.44 bits per heavy atom. The highest BCUT2D eigenvalue weighted by atomic mass is 19.1. The number of fused-ring (bicyclic) bond motifs is 1. The van der Waals surface area contributed by atoms with Crippen LogP contribution < -0.4 is 21.9 Å². The first-order valence-electron chi connectivity index (χ1n) is 9.86. The van der Waals surface area contributed by atoms with Gasteiger partial charge in [0, 0.05) is 12.1 Å². The lowest BCUT2D eigenvalue weighted by Crippen LogP contribution is -2.34. The number of aromatic nitrogens is 2. The summed E-state index contributed by atoms with van der Waals surface area (Å²) in [7, 11) is 0. The molecule has 1 aromatic heterocycles. The van der Waals surface area contributed by atoms with Crippen molar-refractivity contribution in [1.29, 1.82) is 0 Å². The van der Waals surface area contributed by atoms with Crippen molar-refractivity contribution >= 4 is 34.3 Å². The number of hydrogen-bond acceptors (Lipinski definition) is 5. The Labute approximate surface area is 182 Å². The van der Waals surface area contributed by atoms with Gasteiger partial charge in [-0.05, 0) is 64.1 Å². The van der Waals surface area contributed by atoms with Crippen LogP contribution in [-0.2, 0) is 11.3 Å². The average Bonchev–Trinajstić information content (AvgIpc) is 2.68. The number of nitrogens with one attached hydrogen (secondary N) is 3. The van der Waals surface area contributed by atoms with Crippen LogP contribution in [0.4, 0.5) is 20.6 Å². The number of benzene rings is 2. The number of aromatic amines is 1. The van der Waals surface area contributed by atoms with Gasteiger partial charge in [0.25, 0.3) is 11.5 Å². The number of carbonyl (C=O) groups is 2. The predicted molar refractivity (Wildman–Crippen MR) is 119 cm³/mol. The Kier molecular flexibility index (Phi) is 6.15. The Bertz CT molecular complexity index is 1320. The molecular formula is C22H23FN4O5. The molecule has 3 rings (SSSR count). The molecule has 0 radical (unpaired) electrons. The van der Waals surface area contributed by atoms with Gasteiger partial charge in [0.05, 0.1) is 22.3 Å². The molecule has 0 bridgehead atoms. The summed E-state index contributed by atoms with van der Waals surface area (Å²) < 4.78 is 20.0. The summed E-state index contributed by atoms with van der Waals surface area (Å²) in [5.74, 6) is -1.26. The third kappa shape index (κ3) is 5.02. The summed E-state index contributed by atoms with van der Waals surface area (Å²) in [4.78, 5) is 51.9. The second-order valence-corrected chi connectivity index (χ2v) is 8.01. The van der Waals surface area contributed by atoms with E-state index in [0.717, 1.165) is 16.7 Å². The Hall–Kier alpha value is -3.95. The van der Waals surface area contributed by atoms with E-state index >= 15 is 0 Å². The Balaban J connectivity index is 1.91. The fraction of sp³-hybridized carbons (Fsp3) is 0.273. The highest BCUT2D eigenvalue weighted by molar-refractivity contribution is 6.08. The lowest BCUT2D eigenvalue weighted by atomic mass is 10.1. The van der Waals surface area contributed by atoms with Gasteiger partial charge in [-0.25, -0.2) is 14.0 Å². The van der Waals surface area contributed by atoms with Crippen LogP contribution in [0.3, 0.4) is 0 Å². The topological polar surface area (TPSA) is 122 Å². The van der Waals surface area contributed by atoms with Crippen LogP contribution in [0, 0.1) is 5.82 Å². The van der Waals surface area contributed by atoms with Gasteiger partial charge in [0.2, 0.25) is 0 Å². The Morgan fingerprint density at radius 1 is 1.06 bits per heavy atom. The molecule has 0 aliphatic heterocycles. The molecule has 10 heteroatoms. The standard InChI is InChI=1S/C22H23FN4O5/c1-5-27-19(29)14-8-6-12(10-16(14)25-20(27)30)18(28)24-17-11-13(23)7-9-15(17)26-21(31)32-22(2,3)4/h6-11H,5H2,1-4H3,(H,24,28)(H,25,30)(H,26,31). The highest BCUT2D eigenvalue weighted by Crippen LogP contribution is 2.25. The van der Waals surface area contributed by atoms with E-state index in [1.54, 1.807) is 27.7 Å². The average molecular weight is 442 g/mol. The molecule has 2 amide bonds. The van der Waals surface area contributed by atoms with Crippen LogP contribution in [0.15, 0.2) is 46.0 Å². The first-order valence-corrected chi connectivity index (χ1v) is 9.86. The van der Waals surface area contributed by atoms with Crippen LogP contribution in [0.2, 0.25) is 0 Å². The van der Waals surface area contributed by atoms with Crippen molar-refractivity contribution in [1.82, 2.24) is 9.55 Å². The summed E-state index contributed by atoms with van der Waals surface area (Å²) in [5.41, 5.74) is -1.34. The molecule has 3 N–H and O–H groups in total. The zero-order valence-corrected chi connectivity index (χ0v) is 18.0. The minimum atomic E-state index is -0.768. The minimum absolute atomic E-state index is 0.0100. The van der Waals surface area contributed by atoms with E-state index in [1.165, 1.54) is 24.3 Å². The second kappa shape index (κ2) is 8.66. The van der Waals surface area contributed by atoms with Gasteiger partial charge in [-0.2, -0.15) is 0 Å². The largest absolute Gasteiger partial charge is 0.444 e. The molecule has 0 saturated carbocycles. The molecule has 3 aromatic rings. The molecule has 0 aliphatic rings. The van der Waals surface area contributed by atoms with Crippen LogP contribution >= 0.6 is 0 Å². The summed E-state index contributed by atoms with van der Waals surface area (Å²) >= 11 is 0. The van der Waals surface area contributed by atoms with Gasteiger partial charge >= 0.3 is 11.8 Å². The summed E-state index contributed by atoms with van der Waals surface area (Å²) in [6, 6.07) is 7.67. The zero-order chi connectivity index (χ0) is 23.6. The molecule has 0 atom stereocenters. The number of H-pyrrole nitrogens is 1. The normalized spacial score (nSPS) is 11.3. The first-order chi connectivity index (χ1) is 15.0. The van der Waals surface area contributed by atoms with Gasteiger partial charge in [-0.1, -0.05) is 0 Å². The molecule has 0 fully saturated rings. The lowest BCUT2D eigenvalue weighted by Gasteiger charge is -2.20. The molecule has 168 valence electrons. The Morgan fingerprint density at radius 2 is 1.78 bits per heavy atom. The van der Waals surface area contributed by atoms with Crippen LogP contribution in [0.1, 0.15) is 38.1 Å².